The lowest BCUT2D eigenvalue weighted by Gasteiger charge is -2.30. The largest absolute Gasteiger partial charge is 0.362 e. The third kappa shape index (κ3) is 4.37. The van der Waals surface area contributed by atoms with E-state index in [0.717, 1.165) is 44.3 Å². The van der Waals surface area contributed by atoms with E-state index < -0.39 is 10.0 Å². The summed E-state index contributed by atoms with van der Waals surface area (Å²) >= 11 is 0. The number of hydrogen-bond donors (Lipinski definition) is 1. The van der Waals surface area contributed by atoms with Crippen LogP contribution in [0.3, 0.4) is 0 Å². The van der Waals surface area contributed by atoms with E-state index in [0.29, 0.717) is 24.3 Å². The molecular formula is C23H29N3O3S. The highest BCUT2D eigenvalue weighted by atomic mass is 32.2. The summed E-state index contributed by atoms with van der Waals surface area (Å²) in [6, 6.07) is 13.3. The molecule has 30 heavy (non-hydrogen) atoms. The minimum atomic E-state index is -3.55. The summed E-state index contributed by atoms with van der Waals surface area (Å²) in [4.78, 5) is 15.1. The van der Waals surface area contributed by atoms with Crippen LogP contribution < -0.4 is 10.2 Å². The van der Waals surface area contributed by atoms with Crippen LogP contribution >= 0.6 is 0 Å². The van der Waals surface area contributed by atoms with Crippen LogP contribution in [0.5, 0.6) is 0 Å². The highest BCUT2D eigenvalue weighted by Gasteiger charge is 2.28. The first-order chi connectivity index (χ1) is 14.4. The first kappa shape index (κ1) is 20.9. The molecule has 0 aromatic heterocycles. The molecule has 2 aliphatic rings. The molecule has 1 saturated heterocycles. The first-order valence-corrected chi connectivity index (χ1v) is 12.1. The Labute approximate surface area is 178 Å². The van der Waals surface area contributed by atoms with E-state index in [1.54, 1.807) is 29.4 Å². The van der Waals surface area contributed by atoms with Crippen LogP contribution in [0.25, 0.3) is 0 Å². The number of anilines is 2. The van der Waals surface area contributed by atoms with Gasteiger partial charge in [-0.1, -0.05) is 30.7 Å². The van der Waals surface area contributed by atoms with Crippen molar-refractivity contribution in [3.05, 3.63) is 53.6 Å². The lowest BCUT2D eigenvalue weighted by atomic mass is 10.0. The number of rotatable bonds is 5. The molecule has 160 valence electrons. The normalized spacial score (nSPS) is 17.4. The summed E-state index contributed by atoms with van der Waals surface area (Å²) in [6.45, 7) is 4.01. The predicted molar refractivity (Wildman–Crippen MR) is 119 cm³/mol. The highest BCUT2D eigenvalue weighted by Crippen LogP contribution is 2.28. The quantitative estimate of drug-likeness (QED) is 0.792. The summed E-state index contributed by atoms with van der Waals surface area (Å²) < 4.78 is 27.8. The van der Waals surface area contributed by atoms with Gasteiger partial charge in [-0.05, 0) is 61.9 Å². The van der Waals surface area contributed by atoms with Gasteiger partial charge in [-0.2, -0.15) is 4.31 Å². The van der Waals surface area contributed by atoms with Gasteiger partial charge in [-0.3, -0.25) is 4.79 Å². The van der Waals surface area contributed by atoms with Crippen molar-refractivity contribution in [3.63, 3.8) is 0 Å². The molecule has 7 heteroatoms. The fourth-order valence-corrected chi connectivity index (χ4v) is 6.12. The number of aryl methyl sites for hydroxylation is 2. The molecule has 0 atom stereocenters. The van der Waals surface area contributed by atoms with E-state index in [9.17, 15) is 13.2 Å². The molecule has 2 aromatic rings. The number of nitrogens with one attached hydrogen (secondary N) is 1. The average molecular weight is 428 g/mol. The van der Waals surface area contributed by atoms with Crippen LogP contribution in [-0.4, -0.2) is 44.8 Å². The van der Waals surface area contributed by atoms with Crippen molar-refractivity contribution in [2.24, 2.45) is 0 Å². The van der Waals surface area contributed by atoms with E-state index in [2.05, 4.69) is 22.3 Å². The number of hydrogen-bond acceptors (Lipinski definition) is 4. The Morgan fingerprint density at radius 2 is 1.77 bits per heavy atom. The number of amides is 1. The van der Waals surface area contributed by atoms with Crippen molar-refractivity contribution in [1.29, 1.82) is 0 Å². The topological polar surface area (TPSA) is 69.7 Å². The summed E-state index contributed by atoms with van der Waals surface area (Å²) in [5.41, 5.74) is 3.59. The standard InChI is InChI=1S/C23H29N3O3S/c1-18-11-12-20(16-22(18)30(28,29)26-14-5-2-6-15-26)24-23(27)17-25-13-7-9-19-8-3-4-10-21(19)25/h3-4,8,10-12,16H,2,5-7,9,13-15,17H2,1H3,(H,24,27). The Kier molecular flexibility index (Phi) is 6.11. The van der Waals surface area contributed by atoms with Crippen LogP contribution in [0.4, 0.5) is 11.4 Å². The van der Waals surface area contributed by atoms with Gasteiger partial charge in [0.05, 0.1) is 11.4 Å². The van der Waals surface area contributed by atoms with Crippen LogP contribution in [0.15, 0.2) is 47.4 Å². The number of carbonyl (C=O) groups excluding carboxylic acids is 1. The van der Waals surface area contributed by atoms with Crippen molar-refractivity contribution in [2.45, 2.75) is 43.9 Å². The average Bonchev–Trinajstić information content (AvgIpc) is 2.76. The van der Waals surface area contributed by atoms with Crippen molar-refractivity contribution in [3.8, 4) is 0 Å². The smallest absolute Gasteiger partial charge is 0.243 e. The Hall–Kier alpha value is -2.38. The number of para-hydroxylation sites is 1. The van der Waals surface area contributed by atoms with Gasteiger partial charge in [0.2, 0.25) is 15.9 Å². The maximum Gasteiger partial charge on any atom is 0.243 e. The second kappa shape index (κ2) is 8.78. The van der Waals surface area contributed by atoms with Crippen molar-refractivity contribution < 1.29 is 13.2 Å². The van der Waals surface area contributed by atoms with Gasteiger partial charge >= 0.3 is 0 Å². The predicted octanol–water partition coefficient (Wildman–Crippen LogP) is 3.56. The Bertz CT molecular complexity index is 1030. The Morgan fingerprint density at radius 3 is 2.57 bits per heavy atom. The van der Waals surface area contributed by atoms with E-state index in [1.165, 1.54) is 5.56 Å². The van der Waals surface area contributed by atoms with Gasteiger partial charge in [0.25, 0.3) is 0 Å². The molecule has 0 radical (unpaired) electrons. The molecule has 0 aliphatic carbocycles. The second-order valence-electron chi connectivity index (χ2n) is 8.15. The van der Waals surface area contributed by atoms with E-state index in [-0.39, 0.29) is 17.3 Å². The van der Waals surface area contributed by atoms with E-state index in [1.807, 2.05) is 12.1 Å². The van der Waals surface area contributed by atoms with E-state index in [4.69, 9.17) is 0 Å². The minimum absolute atomic E-state index is 0.142. The molecule has 1 amide bonds. The van der Waals surface area contributed by atoms with Gasteiger partial charge in [0.1, 0.15) is 0 Å². The number of nitrogens with zero attached hydrogens (tertiary/aromatic N) is 2. The maximum absolute atomic E-state index is 13.1. The number of carbonyl (C=O) groups is 1. The third-order valence-corrected chi connectivity index (χ3v) is 7.99. The fourth-order valence-electron chi connectivity index (χ4n) is 4.35. The number of benzene rings is 2. The summed E-state index contributed by atoms with van der Waals surface area (Å²) in [7, 11) is -3.55. The zero-order valence-electron chi connectivity index (χ0n) is 17.4. The van der Waals surface area contributed by atoms with Gasteiger partial charge < -0.3 is 10.2 Å². The lowest BCUT2D eigenvalue weighted by molar-refractivity contribution is -0.115. The van der Waals surface area contributed by atoms with Gasteiger partial charge in [0, 0.05) is 31.0 Å². The van der Waals surface area contributed by atoms with Crippen LogP contribution in [0.1, 0.15) is 36.8 Å². The van der Waals surface area contributed by atoms with Gasteiger partial charge in [0.15, 0.2) is 0 Å². The summed E-state index contributed by atoms with van der Waals surface area (Å²) in [6.07, 6.45) is 4.91. The van der Waals surface area contributed by atoms with E-state index >= 15 is 0 Å². The molecule has 0 spiro atoms. The zero-order chi connectivity index (χ0) is 21.1. The van der Waals surface area contributed by atoms with Crippen molar-refractivity contribution in [1.82, 2.24) is 4.31 Å². The molecular weight excluding hydrogens is 398 g/mol. The lowest BCUT2D eigenvalue weighted by Crippen LogP contribution is -2.37. The molecule has 1 N–H and O–H groups in total. The van der Waals surface area contributed by atoms with Crippen LogP contribution in [0.2, 0.25) is 0 Å². The molecule has 2 aromatic carbocycles. The zero-order valence-corrected chi connectivity index (χ0v) is 18.2. The minimum Gasteiger partial charge on any atom is -0.362 e. The highest BCUT2D eigenvalue weighted by molar-refractivity contribution is 7.89. The summed E-state index contributed by atoms with van der Waals surface area (Å²) in [5.74, 6) is -0.142. The SMILES string of the molecule is Cc1ccc(NC(=O)CN2CCCc3ccccc32)cc1S(=O)(=O)N1CCCCC1. The van der Waals surface area contributed by atoms with Gasteiger partial charge in [-0.25, -0.2) is 8.42 Å². The molecule has 0 unspecified atom stereocenters. The number of sulfonamides is 1. The molecule has 1 fully saturated rings. The fraction of sp³-hybridized carbons (Fsp3) is 0.435. The first-order valence-electron chi connectivity index (χ1n) is 10.7. The molecule has 2 heterocycles. The van der Waals surface area contributed by atoms with Gasteiger partial charge in [-0.15, -0.1) is 0 Å². The molecule has 6 nitrogen and oxygen atoms in total. The maximum atomic E-state index is 13.1. The van der Waals surface area contributed by atoms with Crippen molar-refractivity contribution in [2.75, 3.05) is 36.4 Å². The second-order valence-corrected chi connectivity index (χ2v) is 10.1. The Morgan fingerprint density at radius 1 is 1.00 bits per heavy atom. The van der Waals surface area contributed by atoms with Crippen LogP contribution in [0, 0.1) is 6.92 Å². The molecule has 0 saturated carbocycles. The molecule has 4 rings (SSSR count). The van der Waals surface area contributed by atoms with Crippen molar-refractivity contribution >= 4 is 27.3 Å². The monoisotopic (exact) mass is 427 g/mol. The molecule has 2 aliphatic heterocycles. The number of fused-ring (bicyclic) bond motifs is 1. The van der Waals surface area contributed by atoms with Crippen LogP contribution in [-0.2, 0) is 21.2 Å². The molecule has 0 bridgehead atoms. The number of piperidine rings is 1. The third-order valence-electron chi connectivity index (χ3n) is 5.95. The summed E-state index contributed by atoms with van der Waals surface area (Å²) in [5, 5.41) is 2.90. The Balaban J connectivity index is 1.49.